The molecule has 3 aromatic rings. The highest BCUT2D eigenvalue weighted by atomic mass is 19.4. The van der Waals surface area contributed by atoms with Crippen LogP contribution in [0.15, 0.2) is 54.7 Å². The van der Waals surface area contributed by atoms with Crippen LogP contribution in [0.2, 0.25) is 0 Å². The summed E-state index contributed by atoms with van der Waals surface area (Å²) in [5.74, 6) is -0.563. The Balaban J connectivity index is 0.00000207. The zero-order valence-electron chi connectivity index (χ0n) is 24.4. The number of halogens is 4. The minimum atomic E-state index is -4.56. The topological polar surface area (TPSA) is 86.4 Å². The number of nitrogens with one attached hydrogen (secondary N) is 3. The molecule has 0 spiro atoms. The predicted octanol–water partition coefficient (Wildman–Crippen LogP) is 6.26. The molecule has 5 rings (SSSR count). The van der Waals surface area contributed by atoms with Gasteiger partial charge in [0.05, 0.1) is 5.56 Å². The third-order valence-electron chi connectivity index (χ3n) is 7.27. The number of rotatable bonds is 9. The standard InChI is InChI=1S/C30H31F4N5O2.C2H6/c31-26-15-21(22-6-9-27(36-17-22)38-29(41)20-2-3-20)4-1-19(26)7-10-28(40)37-24-8-5-23(25(16-24)30(32,33)34)18-39-13-11-35-12-14-39;1-2/h1,4-6,8-9,15-17,20,35H,2-3,7,10-14,18H2,(H,37,40)(H,36,38,41);1-2H3. The summed E-state index contributed by atoms with van der Waals surface area (Å²) in [6, 6.07) is 11.9. The minimum Gasteiger partial charge on any atom is -0.326 e. The van der Waals surface area contributed by atoms with Crippen LogP contribution in [-0.2, 0) is 28.7 Å². The van der Waals surface area contributed by atoms with E-state index in [-0.39, 0.29) is 42.5 Å². The Morgan fingerprint density at radius 2 is 1.65 bits per heavy atom. The normalized spacial score (nSPS) is 15.3. The van der Waals surface area contributed by atoms with Crippen molar-refractivity contribution in [3.63, 3.8) is 0 Å². The number of alkyl halides is 3. The first kappa shape index (κ1) is 32.1. The van der Waals surface area contributed by atoms with Gasteiger partial charge in [0.25, 0.3) is 0 Å². The fourth-order valence-electron chi connectivity index (χ4n) is 4.78. The van der Waals surface area contributed by atoms with Crippen molar-refractivity contribution in [3.05, 3.63) is 77.2 Å². The molecule has 2 amide bonds. The minimum absolute atomic E-state index is 0.0477. The lowest BCUT2D eigenvalue weighted by Crippen LogP contribution is -2.43. The summed E-state index contributed by atoms with van der Waals surface area (Å²) in [6.07, 6.45) is -1.25. The first-order chi connectivity index (χ1) is 20.7. The summed E-state index contributed by atoms with van der Waals surface area (Å²) in [7, 11) is 0. The number of aromatic nitrogens is 1. The summed E-state index contributed by atoms with van der Waals surface area (Å²) in [4.78, 5) is 30.6. The number of hydrogen-bond acceptors (Lipinski definition) is 5. The number of benzene rings is 2. The van der Waals surface area contributed by atoms with E-state index >= 15 is 0 Å². The van der Waals surface area contributed by atoms with E-state index < -0.39 is 23.5 Å². The van der Waals surface area contributed by atoms with E-state index in [0.29, 0.717) is 35.6 Å². The third-order valence-corrected chi connectivity index (χ3v) is 7.27. The predicted molar refractivity (Wildman–Crippen MR) is 159 cm³/mol. The van der Waals surface area contributed by atoms with Crippen LogP contribution in [-0.4, -0.2) is 47.9 Å². The highest BCUT2D eigenvalue weighted by molar-refractivity contribution is 5.93. The zero-order chi connectivity index (χ0) is 31.0. The molecule has 3 N–H and O–H groups in total. The molecule has 0 radical (unpaired) electrons. The first-order valence-electron chi connectivity index (χ1n) is 14.6. The lowest BCUT2D eigenvalue weighted by molar-refractivity contribution is -0.138. The van der Waals surface area contributed by atoms with Gasteiger partial charge in [-0.25, -0.2) is 9.37 Å². The molecule has 11 heteroatoms. The summed E-state index contributed by atoms with van der Waals surface area (Å²) >= 11 is 0. The number of anilines is 2. The Hall–Kier alpha value is -3.83. The number of piperazine rings is 1. The van der Waals surface area contributed by atoms with Crippen LogP contribution in [0.5, 0.6) is 0 Å². The second-order valence-corrected chi connectivity index (χ2v) is 10.4. The molecule has 2 fully saturated rings. The zero-order valence-corrected chi connectivity index (χ0v) is 24.4. The van der Waals surface area contributed by atoms with Crippen molar-refractivity contribution >= 4 is 23.3 Å². The molecular formula is C32H37F4N5O2. The van der Waals surface area contributed by atoms with E-state index in [2.05, 4.69) is 20.9 Å². The molecule has 1 saturated carbocycles. The highest BCUT2D eigenvalue weighted by Gasteiger charge is 2.34. The highest BCUT2D eigenvalue weighted by Crippen LogP contribution is 2.35. The first-order valence-corrected chi connectivity index (χ1v) is 14.6. The van der Waals surface area contributed by atoms with Gasteiger partial charge in [-0.1, -0.05) is 32.0 Å². The summed E-state index contributed by atoms with van der Waals surface area (Å²) in [5.41, 5.74) is 0.997. The Kier molecular flexibility index (Phi) is 10.9. The van der Waals surface area contributed by atoms with Crippen molar-refractivity contribution in [2.45, 2.75) is 52.3 Å². The maximum Gasteiger partial charge on any atom is 0.416 e. The Bertz CT molecular complexity index is 1400. The van der Waals surface area contributed by atoms with Crippen LogP contribution in [0.3, 0.4) is 0 Å². The van der Waals surface area contributed by atoms with Crippen molar-refractivity contribution in [2.75, 3.05) is 36.8 Å². The molecule has 1 saturated heterocycles. The number of nitrogens with zero attached hydrogens (tertiary/aromatic N) is 2. The average molecular weight is 600 g/mol. The van der Waals surface area contributed by atoms with Crippen molar-refractivity contribution in [1.29, 1.82) is 0 Å². The Labute approximate surface area is 249 Å². The second kappa shape index (κ2) is 14.6. The summed E-state index contributed by atoms with van der Waals surface area (Å²) in [6.45, 7) is 6.96. The number of pyridine rings is 1. The smallest absolute Gasteiger partial charge is 0.326 e. The molecule has 0 atom stereocenters. The number of hydrogen-bond donors (Lipinski definition) is 3. The lowest BCUT2D eigenvalue weighted by Gasteiger charge is -2.28. The molecule has 0 unspecified atom stereocenters. The van der Waals surface area contributed by atoms with Crippen LogP contribution < -0.4 is 16.0 Å². The summed E-state index contributed by atoms with van der Waals surface area (Å²) in [5, 5.41) is 8.45. The molecule has 1 aliphatic carbocycles. The van der Waals surface area contributed by atoms with E-state index in [0.717, 1.165) is 32.0 Å². The molecule has 0 bridgehead atoms. The van der Waals surface area contributed by atoms with E-state index in [1.165, 1.54) is 18.2 Å². The van der Waals surface area contributed by atoms with Crippen LogP contribution in [0, 0.1) is 11.7 Å². The number of carbonyl (C=O) groups excluding carboxylic acids is 2. The molecule has 2 aromatic carbocycles. The molecule has 2 heterocycles. The summed E-state index contributed by atoms with van der Waals surface area (Å²) < 4.78 is 56.2. The van der Waals surface area contributed by atoms with Crippen molar-refractivity contribution in [3.8, 4) is 11.1 Å². The van der Waals surface area contributed by atoms with Crippen molar-refractivity contribution in [1.82, 2.24) is 15.2 Å². The number of carbonyl (C=O) groups is 2. The van der Waals surface area contributed by atoms with E-state index in [9.17, 15) is 27.2 Å². The van der Waals surface area contributed by atoms with Gasteiger partial charge < -0.3 is 16.0 Å². The number of amides is 2. The molecule has 1 aromatic heterocycles. The Morgan fingerprint density at radius 3 is 2.28 bits per heavy atom. The van der Waals surface area contributed by atoms with E-state index in [1.54, 1.807) is 30.5 Å². The van der Waals surface area contributed by atoms with Gasteiger partial charge in [0.2, 0.25) is 11.8 Å². The molecule has 230 valence electrons. The molecule has 43 heavy (non-hydrogen) atoms. The van der Waals surface area contributed by atoms with Gasteiger partial charge in [-0.3, -0.25) is 14.5 Å². The second-order valence-electron chi connectivity index (χ2n) is 10.4. The van der Waals surface area contributed by atoms with Gasteiger partial charge in [0, 0.05) is 62.5 Å². The van der Waals surface area contributed by atoms with Gasteiger partial charge in [-0.2, -0.15) is 13.2 Å². The maximum atomic E-state index is 14.8. The molecule has 1 aliphatic heterocycles. The van der Waals surface area contributed by atoms with E-state index in [4.69, 9.17) is 0 Å². The van der Waals surface area contributed by atoms with Gasteiger partial charge in [0.15, 0.2) is 0 Å². The SMILES string of the molecule is CC.O=C(CCc1ccc(-c2ccc(NC(=O)C3CC3)nc2)cc1F)Nc1ccc(CN2CCNCC2)c(C(F)(F)F)c1. The van der Waals surface area contributed by atoms with E-state index in [1.807, 2.05) is 18.7 Å². The number of aryl methyl sites for hydroxylation is 1. The van der Waals surface area contributed by atoms with Crippen LogP contribution in [0.1, 0.15) is 49.8 Å². The maximum absolute atomic E-state index is 14.8. The fourth-order valence-corrected chi connectivity index (χ4v) is 4.78. The van der Waals surface area contributed by atoms with Crippen molar-refractivity contribution in [2.24, 2.45) is 5.92 Å². The van der Waals surface area contributed by atoms with Crippen LogP contribution >= 0.6 is 0 Å². The quantitative estimate of drug-likeness (QED) is 0.253. The van der Waals surface area contributed by atoms with Crippen LogP contribution in [0.25, 0.3) is 11.1 Å². The monoisotopic (exact) mass is 599 g/mol. The largest absolute Gasteiger partial charge is 0.416 e. The van der Waals surface area contributed by atoms with Gasteiger partial charge in [-0.05, 0) is 66.3 Å². The van der Waals surface area contributed by atoms with Crippen LogP contribution in [0.4, 0.5) is 29.1 Å². The fraction of sp³-hybridized carbons (Fsp3) is 0.406. The van der Waals surface area contributed by atoms with Gasteiger partial charge in [-0.15, -0.1) is 0 Å². The van der Waals surface area contributed by atoms with Gasteiger partial charge >= 0.3 is 6.18 Å². The Morgan fingerprint density at radius 1 is 0.953 bits per heavy atom. The lowest BCUT2D eigenvalue weighted by atomic mass is 10.0. The van der Waals surface area contributed by atoms with Crippen molar-refractivity contribution < 1.29 is 27.2 Å². The molecule has 2 aliphatic rings. The van der Waals surface area contributed by atoms with Gasteiger partial charge in [0.1, 0.15) is 11.6 Å². The third kappa shape index (κ3) is 9.08. The molecule has 7 nitrogen and oxygen atoms in total. The average Bonchev–Trinajstić information content (AvgIpc) is 3.85. The molecular weight excluding hydrogens is 562 g/mol.